The van der Waals surface area contributed by atoms with Crippen LogP contribution in [0.25, 0.3) is 0 Å². The Hall–Kier alpha value is -3.13. The van der Waals surface area contributed by atoms with Gasteiger partial charge in [-0.2, -0.15) is 0 Å². The third-order valence-corrected chi connectivity index (χ3v) is 4.04. The van der Waals surface area contributed by atoms with E-state index in [1.165, 1.54) is 6.26 Å². The van der Waals surface area contributed by atoms with Crippen LogP contribution >= 0.6 is 0 Å². The number of amides is 3. The van der Waals surface area contributed by atoms with Crippen LogP contribution in [-0.2, 0) is 16.0 Å². The Bertz CT molecular complexity index is 816. The van der Waals surface area contributed by atoms with E-state index in [1.807, 2.05) is 0 Å². The zero-order valence-electron chi connectivity index (χ0n) is 14.0. The number of aryl methyl sites for hydroxylation is 1. The minimum absolute atomic E-state index is 0.0142. The molecule has 0 radical (unpaired) electrons. The summed E-state index contributed by atoms with van der Waals surface area (Å²) in [7, 11) is 0. The first-order valence-corrected chi connectivity index (χ1v) is 8.28. The van der Waals surface area contributed by atoms with Crippen molar-refractivity contribution in [2.24, 2.45) is 0 Å². The summed E-state index contributed by atoms with van der Waals surface area (Å²) < 4.78 is 5.19. The van der Waals surface area contributed by atoms with E-state index in [1.54, 1.807) is 35.2 Å². The lowest BCUT2D eigenvalue weighted by Gasteiger charge is -2.29. The number of furan rings is 1. The average Bonchev–Trinajstić information content (AvgIpc) is 3.19. The zero-order chi connectivity index (χ0) is 18.5. The van der Waals surface area contributed by atoms with Gasteiger partial charge in [0.25, 0.3) is 5.91 Å². The molecule has 0 saturated heterocycles. The Morgan fingerprint density at radius 2 is 2.04 bits per heavy atom. The molecule has 8 heteroatoms. The molecule has 3 N–H and O–H groups in total. The van der Waals surface area contributed by atoms with Crippen molar-refractivity contribution in [3.63, 3.8) is 0 Å². The van der Waals surface area contributed by atoms with E-state index in [4.69, 9.17) is 9.52 Å². The summed E-state index contributed by atoms with van der Waals surface area (Å²) in [5.41, 5.74) is 2.14. The summed E-state index contributed by atoms with van der Waals surface area (Å²) in [6.45, 7) is 0.361. The summed E-state index contributed by atoms with van der Waals surface area (Å²) in [5.74, 6) is -1.56. The topological polar surface area (TPSA) is 112 Å². The van der Waals surface area contributed by atoms with Crippen LogP contribution < -0.4 is 15.5 Å². The van der Waals surface area contributed by atoms with Crippen molar-refractivity contribution in [1.82, 2.24) is 5.32 Å². The van der Waals surface area contributed by atoms with E-state index in [0.29, 0.717) is 12.2 Å². The smallest absolute Gasteiger partial charge is 0.313 e. The molecule has 0 fully saturated rings. The summed E-state index contributed by atoms with van der Waals surface area (Å²) in [6.07, 6.45) is 3.00. The quantitative estimate of drug-likeness (QED) is 0.705. The first kappa shape index (κ1) is 17.7. The number of nitrogens with one attached hydrogen (secondary N) is 2. The highest BCUT2D eigenvalue weighted by molar-refractivity contribution is 6.39. The van der Waals surface area contributed by atoms with Crippen molar-refractivity contribution in [1.29, 1.82) is 0 Å². The lowest BCUT2D eigenvalue weighted by atomic mass is 10.0. The molecule has 0 atom stereocenters. The minimum Gasteiger partial charge on any atom is -0.459 e. The second-order valence-electron chi connectivity index (χ2n) is 5.81. The molecular weight excluding hydrogens is 338 g/mol. The van der Waals surface area contributed by atoms with Gasteiger partial charge in [-0.25, -0.2) is 0 Å². The van der Waals surface area contributed by atoms with E-state index >= 15 is 0 Å². The molecule has 0 spiro atoms. The van der Waals surface area contributed by atoms with E-state index in [2.05, 4.69) is 10.6 Å². The average molecular weight is 357 g/mol. The maximum atomic E-state index is 12.6. The number of nitrogens with zero attached hydrogens (tertiary/aromatic N) is 1. The van der Waals surface area contributed by atoms with Crippen LogP contribution in [0.4, 0.5) is 11.4 Å². The molecule has 1 aromatic carbocycles. The van der Waals surface area contributed by atoms with Crippen molar-refractivity contribution >= 4 is 29.1 Å². The summed E-state index contributed by atoms with van der Waals surface area (Å²) in [5, 5.41) is 13.5. The fraction of sp³-hybridized carbons (Fsp3) is 0.278. The molecule has 0 saturated carbocycles. The first-order chi connectivity index (χ1) is 12.6. The normalized spacial score (nSPS) is 13.0. The molecule has 8 nitrogen and oxygen atoms in total. The molecule has 1 aliphatic rings. The van der Waals surface area contributed by atoms with Crippen LogP contribution in [0.2, 0.25) is 0 Å². The third-order valence-electron chi connectivity index (χ3n) is 4.04. The van der Waals surface area contributed by atoms with Gasteiger partial charge in [-0.3, -0.25) is 14.4 Å². The van der Waals surface area contributed by atoms with E-state index in [0.717, 1.165) is 24.1 Å². The molecule has 26 heavy (non-hydrogen) atoms. The van der Waals surface area contributed by atoms with Gasteiger partial charge in [0.05, 0.1) is 12.9 Å². The van der Waals surface area contributed by atoms with Gasteiger partial charge in [0.2, 0.25) is 0 Å². The maximum absolute atomic E-state index is 12.6. The van der Waals surface area contributed by atoms with Gasteiger partial charge in [-0.15, -0.1) is 0 Å². The predicted octanol–water partition coefficient (Wildman–Crippen LogP) is 0.920. The van der Waals surface area contributed by atoms with Crippen molar-refractivity contribution in [2.45, 2.75) is 12.8 Å². The number of carbonyl (C=O) groups excluding carboxylic acids is 3. The number of aliphatic hydroxyl groups is 1. The number of rotatable bonds is 4. The molecule has 2 heterocycles. The maximum Gasteiger partial charge on any atom is 0.313 e. The van der Waals surface area contributed by atoms with Crippen LogP contribution in [0.3, 0.4) is 0 Å². The highest BCUT2D eigenvalue weighted by Crippen LogP contribution is 2.30. The van der Waals surface area contributed by atoms with Crippen LogP contribution in [0, 0.1) is 0 Å². The fourth-order valence-corrected chi connectivity index (χ4v) is 2.86. The largest absolute Gasteiger partial charge is 0.459 e. The van der Waals surface area contributed by atoms with Gasteiger partial charge < -0.3 is 25.1 Å². The van der Waals surface area contributed by atoms with Crippen LogP contribution in [0.5, 0.6) is 0 Å². The number of hydrogen-bond donors (Lipinski definition) is 3. The number of carbonyl (C=O) groups is 3. The number of anilines is 2. The van der Waals surface area contributed by atoms with Crippen LogP contribution in [0.15, 0.2) is 41.0 Å². The molecule has 0 aliphatic carbocycles. The molecule has 1 aromatic heterocycles. The Morgan fingerprint density at radius 3 is 2.77 bits per heavy atom. The molecule has 1 aliphatic heterocycles. The molecule has 3 amide bonds. The third kappa shape index (κ3) is 3.75. The minimum atomic E-state index is -0.814. The molecule has 136 valence electrons. The van der Waals surface area contributed by atoms with E-state index < -0.39 is 11.8 Å². The van der Waals surface area contributed by atoms with Crippen LogP contribution in [0.1, 0.15) is 22.5 Å². The highest BCUT2D eigenvalue weighted by atomic mass is 16.3. The standard InChI is InChI=1S/C18H19N3O5/c22-9-7-19-16(23)17(24)20-13-5-6-14-12(11-13)3-1-8-21(14)18(25)15-4-2-10-26-15/h2,4-6,10-11,22H,1,3,7-9H2,(H,19,23)(H,20,24). The lowest BCUT2D eigenvalue weighted by Crippen LogP contribution is -2.37. The summed E-state index contributed by atoms with van der Waals surface area (Å²) in [4.78, 5) is 37.6. The lowest BCUT2D eigenvalue weighted by molar-refractivity contribution is -0.136. The summed E-state index contributed by atoms with van der Waals surface area (Å²) >= 11 is 0. The Balaban J connectivity index is 1.75. The van der Waals surface area contributed by atoms with E-state index in [9.17, 15) is 14.4 Å². The SMILES string of the molecule is O=C(NCCO)C(=O)Nc1ccc2c(c1)CCCN2C(=O)c1ccco1. The van der Waals surface area contributed by atoms with E-state index in [-0.39, 0.29) is 24.8 Å². The predicted molar refractivity (Wildman–Crippen MR) is 93.9 cm³/mol. The van der Waals surface area contributed by atoms with Crippen molar-refractivity contribution in [3.05, 3.63) is 47.9 Å². The molecular formula is C18H19N3O5. The van der Waals surface area contributed by atoms with Gasteiger partial charge in [0.15, 0.2) is 5.76 Å². The molecule has 0 bridgehead atoms. The number of hydrogen-bond acceptors (Lipinski definition) is 5. The Kier molecular flexibility index (Phi) is 5.33. The van der Waals surface area contributed by atoms with Gasteiger partial charge in [0.1, 0.15) is 0 Å². The fourth-order valence-electron chi connectivity index (χ4n) is 2.86. The second-order valence-corrected chi connectivity index (χ2v) is 5.81. The molecule has 3 rings (SSSR count). The summed E-state index contributed by atoms with van der Waals surface area (Å²) in [6, 6.07) is 8.43. The van der Waals surface area contributed by atoms with Crippen molar-refractivity contribution in [3.8, 4) is 0 Å². The van der Waals surface area contributed by atoms with Gasteiger partial charge >= 0.3 is 11.8 Å². The zero-order valence-corrected chi connectivity index (χ0v) is 14.0. The van der Waals surface area contributed by atoms with Gasteiger partial charge in [-0.05, 0) is 48.7 Å². The van der Waals surface area contributed by atoms with Crippen molar-refractivity contribution in [2.75, 3.05) is 29.9 Å². The molecule has 0 unspecified atom stereocenters. The van der Waals surface area contributed by atoms with Crippen LogP contribution in [-0.4, -0.2) is 42.5 Å². The first-order valence-electron chi connectivity index (χ1n) is 8.28. The Morgan fingerprint density at radius 1 is 1.19 bits per heavy atom. The monoisotopic (exact) mass is 357 g/mol. The highest BCUT2D eigenvalue weighted by Gasteiger charge is 2.25. The van der Waals surface area contributed by atoms with Crippen molar-refractivity contribution < 1.29 is 23.9 Å². The second kappa shape index (κ2) is 7.83. The number of aliphatic hydroxyl groups excluding tert-OH is 1. The Labute approximate surface area is 149 Å². The number of fused-ring (bicyclic) bond motifs is 1. The van der Waals surface area contributed by atoms with Gasteiger partial charge in [0, 0.05) is 24.5 Å². The number of benzene rings is 1. The molecule has 2 aromatic rings. The van der Waals surface area contributed by atoms with Gasteiger partial charge in [-0.1, -0.05) is 0 Å².